The fraction of sp³-hybridized carbons (Fsp3) is 0.727. The Morgan fingerprint density at radius 3 is 2.67 bits per heavy atom. The van der Waals surface area contributed by atoms with Crippen LogP contribution in [0, 0.1) is 11.8 Å². The van der Waals surface area contributed by atoms with Crippen LogP contribution in [0.3, 0.4) is 0 Å². The number of sulfonamides is 1. The molecule has 1 aromatic heterocycles. The fourth-order valence-corrected chi connectivity index (χ4v) is 4.46. The molecule has 1 saturated heterocycles. The van der Waals surface area contributed by atoms with E-state index in [1.807, 2.05) is 6.92 Å². The number of aromatic nitrogens is 2. The minimum Gasteiger partial charge on any atom is -0.383 e. The largest absolute Gasteiger partial charge is 0.383 e. The Balaban J connectivity index is 2.38. The Hall–Kier alpha value is -1.08. The van der Waals surface area contributed by atoms with Crippen LogP contribution < -0.4 is 5.73 Å². The van der Waals surface area contributed by atoms with Gasteiger partial charge >= 0.3 is 0 Å². The molecule has 102 valence electrons. The van der Waals surface area contributed by atoms with Gasteiger partial charge in [0.2, 0.25) is 10.0 Å². The number of nitrogens with two attached hydrogens (primary N) is 1. The Morgan fingerprint density at radius 2 is 2.11 bits per heavy atom. The van der Waals surface area contributed by atoms with E-state index in [-0.39, 0.29) is 16.8 Å². The molecule has 1 aliphatic heterocycles. The van der Waals surface area contributed by atoms with Crippen molar-refractivity contribution in [3.8, 4) is 0 Å². The Morgan fingerprint density at radius 1 is 1.44 bits per heavy atom. The van der Waals surface area contributed by atoms with Crippen LogP contribution in [0.1, 0.15) is 27.2 Å². The number of piperidine rings is 1. The summed E-state index contributed by atoms with van der Waals surface area (Å²) in [6.07, 6.45) is 2.33. The van der Waals surface area contributed by atoms with Crippen LogP contribution in [-0.2, 0) is 10.0 Å². The smallest absolute Gasteiger partial charge is 0.248 e. The van der Waals surface area contributed by atoms with Crippen molar-refractivity contribution in [2.24, 2.45) is 11.8 Å². The third kappa shape index (κ3) is 2.12. The van der Waals surface area contributed by atoms with E-state index in [4.69, 9.17) is 5.73 Å². The zero-order valence-electron chi connectivity index (χ0n) is 10.9. The summed E-state index contributed by atoms with van der Waals surface area (Å²) in [6.45, 7) is 6.65. The van der Waals surface area contributed by atoms with E-state index >= 15 is 0 Å². The van der Waals surface area contributed by atoms with Crippen LogP contribution in [0.25, 0.3) is 0 Å². The van der Waals surface area contributed by atoms with Gasteiger partial charge < -0.3 is 5.73 Å². The van der Waals surface area contributed by atoms with E-state index in [2.05, 4.69) is 24.0 Å². The number of aromatic amines is 1. The van der Waals surface area contributed by atoms with Crippen molar-refractivity contribution in [2.45, 2.75) is 38.1 Å². The molecule has 1 fully saturated rings. The molecule has 0 aliphatic carbocycles. The van der Waals surface area contributed by atoms with Gasteiger partial charge in [0.05, 0.1) is 6.20 Å². The minimum absolute atomic E-state index is 0.0134. The van der Waals surface area contributed by atoms with Crippen LogP contribution >= 0.6 is 0 Å². The summed E-state index contributed by atoms with van der Waals surface area (Å²) in [4.78, 5) is 0.0793. The molecule has 7 heteroatoms. The second kappa shape index (κ2) is 4.55. The molecule has 0 saturated carbocycles. The first-order valence-corrected chi connectivity index (χ1v) is 7.58. The third-order valence-electron chi connectivity index (χ3n) is 3.76. The first-order chi connectivity index (χ1) is 8.34. The molecule has 3 unspecified atom stereocenters. The highest BCUT2D eigenvalue weighted by molar-refractivity contribution is 7.89. The highest BCUT2D eigenvalue weighted by Crippen LogP contribution is 2.32. The monoisotopic (exact) mass is 272 g/mol. The quantitative estimate of drug-likeness (QED) is 0.841. The average molecular weight is 272 g/mol. The Bertz CT molecular complexity index is 525. The van der Waals surface area contributed by atoms with E-state index in [0.717, 1.165) is 6.42 Å². The van der Waals surface area contributed by atoms with Gasteiger partial charge in [-0.3, -0.25) is 5.10 Å². The maximum absolute atomic E-state index is 12.6. The van der Waals surface area contributed by atoms with Crippen LogP contribution in [0.15, 0.2) is 11.1 Å². The second-order valence-corrected chi connectivity index (χ2v) is 7.14. The Kier molecular flexibility index (Phi) is 3.37. The summed E-state index contributed by atoms with van der Waals surface area (Å²) in [5, 5.41) is 6.16. The van der Waals surface area contributed by atoms with Crippen molar-refractivity contribution in [3.05, 3.63) is 6.20 Å². The summed E-state index contributed by atoms with van der Waals surface area (Å²) in [5.41, 5.74) is 5.62. The van der Waals surface area contributed by atoms with Crippen molar-refractivity contribution in [3.63, 3.8) is 0 Å². The summed E-state index contributed by atoms with van der Waals surface area (Å²) in [7, 11) is -3.55. The fourth-order valence-electron chi connectivity index (χ4n) is 2.60. The van der Waals surface area contributed by atoms with Crippen LogP contribution in [0.5, 0.6) is 0 Å². The first kappa shape index (κ1) is 13.4. The number of rotatable bonds is 2. The van der Waals surface area contributed by atoms with Gasteiger partial charge in [0.15, 0.2) is 0 Å². The normalized spacial score (nSPS) is 30.5. The number of nitrogens with zero attached hydrogens (tertiary/aromatic N) is 2. The van der Waals surface area contributed by atoms with E-state index in [9.17, 15) is 8.42 Å². The molecule has 1 aromatic rings. The van der Waals surface area contributed by atoms with E-state index in [0.29, 0.717) is 18.4 Å². The highest BCUT2D eigenvalue weighted by atomic mass is 32.2. The molecule has 0 aromatic carbocycles. The lowest BCUT2D eigenvalue weighted by Crippen LogP contribution is -2.48. The molecule has 0 spiro atoms. The third-order valence-corrected chi connectivity index (χ3v) is 5.74. The predicted octanol–water partition coefficient (Wildman–Crippen LogP) is 1.05. The van der Waals surface area contributed by atoms with Gasteiger partial charge in [-0.25, -0.2) is 8.42 Å². The SMILES string of the molecule is CC1CC(C)C(C)N(S(=O)(=O)c2cn[nH]c2N)C1. The Labute approximate surface area is 108 Å². The van der Waals surface area contributed by atoms with Crippen LogP contribution in [-0.4, -0.2) is 35.5 Å². The number of nitrogens with one attached hydrogen (secondary N) is 1. The van der Waals surface area contributed by atoms with Gasteiger partial charge in [0.25, 0.3) is 0 Å². The number of anilines is 1. The van der Waals surface area contributed by atoms with Gasteiger partial charge in [-0.1, -0.05) is 13.8 Å². The molecule has 2 rings (SSSR count). The van der Waals surface area contributed by atoms with Crippen LogP contribution in [0.2, 0.25) is 0 Å². The van der Waals surface area contributed by atoms with Gasteiger partial charge in [-0.05, 0) is 25.2 Å². The lowest BCUT2D eigenvalue weighted by Gasteiger charge is -2.39. The van der Waals surface area contributed by atoms with Gasteiger partial charge in [-0.15, -0.1) is 0 Å². The van der Waals surface area contributed by atoms with Gasteiger partial charge in [0.1, 0.15) is 10.7 Å². The topological polar surface area (TPSA) is 92.1 Å². The average Bonchev–Trinajstić information content (AvgIpc) is 2.70. The number of hydrogen-bond donors (Lipinski definition) is 2. The maximum atomic E-state index is 12.6. The zero-order chi connectivity index (χ0) is 13.5. The van der Waals surface area contributed by atoms with Crippen LogP contribution in [0.4, 0.5) is 5.82 Å². The zero-order valence-corrected chi connectivity index (χ0v) is 11.7. The molecule has 0 radical (unpaired) electrons. The lowest BCUT2D eigenvalue weighted by atomic mass is 9.88. The van der Waals surface area contributed by atoms with Crippen molar-refractivity contribution < 1.29 is 8.42 Å². The van der Waals surface area contributed by atoms with Crippen molar-refractivity contribution >= 4 is 15.8 Å². The molecular weight excluding hydrogens is 252 g/mol. The highest BCUT2D eigenvalue weighted by Gasteiger charge is 2.38. The standard InChI is InChI=1S/C11H20N4O2S/c1-7-4-8(2)9(3)15(6-7)18(16,17)10-5-13-14-11(10)12/h5,7-9H,4,6H2,1-3H3,(H3,12,13,14). The number of nitrogen functional groups attached to an aromatic ring is 1. The van der Waals surface area contributed by atoms with Crippen molar-refractivity contribution in [2.75, 3.05) is 12.3 Å². The summed E-state index contributed by atoms with van der Waals surface area (Å²) in [6, 6.07) is -0.0134. The molecule has 3 atom stereocenters. The summed E-state index contributed by atoms with van der Waals surface area (Å²) < 4.78 is 26.7. The molecule has 2 heterocycles. The lowest BCUT2D eigenvalue weighted by molar-refractivity contribution is 0.157. The van der Waals surface area contributed by atoms with Gasteiger partial charge in [0, 0.05) is 12.6 Å². The van der Waals surface area contributed by atoms with Gasteiger partial charge in [-0.2, -0.15) is 9.40 Å². The predicted molar refractivity (Wildman–Crippen MR) is 69.3 cm³/mol. The van der Waals surface area contributed by atoms with E-state index in [1.54, 1.807) is 4.31 Å². The first-order valence-electron chi connectivity index (χ1n) is 6.14. The summed E-state index contributed by atoms with van der Waals surface area (Å²) in [5.74, 6) is 0.809. The van der Waals surface area contributed by atoms with E-state index in [1.165, 1.54) is 6.20 Å². The molecule has 18 heavy (non-hydrogen) atoms. The molecule has 0 bridgehead atoms. The number of H-pyrrole nitrogens is 1. The number of hydrogen-bond acceptors (Lipinski definition) is 4. The summed E-state index contributed by atoms with van der Waals surface area (Å²) >= 11 is 0. The molecule has 6 nitrogen and oxygen atoms in total. The van der Waals surface area contributed by atoms with Crippen molar-refractivity contribution in [1.29, 1.82) is 0 Å². The van der Waals surface area contributed by atoms with Crippen molar-refractivity contribution in [1.82, 2.24) is 14.5 Å². The molecular formula is C11H20N4O2S. The second-order valence-electron chi connectivity index (χ2n) is 5.28. The molecule has 3 N–H and O–H groups in total. The van der Waals surface area contributed by atoms with E-state index < -0.39 is 10.0 Å². The maximum Gasteiger partial charge on any atom is 0.248 e. The molecule has 1 aliphatic rings. The molecule has 0 amide bonds. The minimum atomic E-state index is -3.55.